The summed E-state index contributed by atoms with van der Waals surface area (Å²) < 4.78 is 7.74. The fourth-order valence-corrected chi connectivity index (χ4v) is 2.70. The molecular formula is C17H18N4O2. The summed E-state index contributed by atoms with van der Waals surface area (Å²) in [4.78, 5) is 19.2. The molecule has 3 heterocycles. The van der Waals surface area contributed by atoms with E-state index in [0.717, 1.165) is 27.7 Å². The van der Waals surface area contributed by atoms with Gasteiger partial charge in [0.15, 0.2) is 0 Å². The van der Waals surface area contributed by atoms with Crippen LogP contribution in [0.5, 0.6) is 5.88 Å². The van der Waals surface area contributed by atoms with Crippen molar-refractivity contribution in [3.63, 3.8) is 0 Å². The van der Waals surface area contributed by atoms with Gasteiger partial charge in [0.2, 0.25) is 12.3 Å². The maximum atomic E-state index is 10.6. The van der Waals surface area contributed by atoms with Gasteiger partial charge in [0.05, 0.1) is 29.6 Å². The highest BCUT2D eigenvalue weighted by Crippen LogP contribution is 2.35. The van der Waals surface area contributed by atoms with Crippen molar-refractivity contribution in [2.75, 3.05) is 11.9 Å². The molecule has 0 aliphatic heterocycles. The fraction of sp³-hybridized carbons (Fsp3) is 0.235. The van der Waals surface area contributed by atoms with E-state index in [1.54, 1.807) is 12.4 Å². The van der Waals surface area contributed by atoms with Crippen LogP contribution < -0.4 is 10.1 Å². The van der Waals surface area contributed by atoms with Gasteiger partial charge < -0.3 is 14.6 Å². The molecular weight excluding hydrogens is 292 g/mol. The quantitative estimate of drug-likeness (QED) is 0.736. The van der Waals surface area contributed by atoms with Crippen LogP contribution in [0.1, 0.15) is 12.5 Å². The Kier molecular flexibility index (Phi) is 3.97. The third-order valence-corrected chi connectivity index (χ3v) is 3.80. The largest absolute Gasteiger partial charge is 0.477 e. The van der Waals surface area contributed by atoms with Gasteiger partial charge in [0.1, 0.15) is 5.82 Å². The number of hydrogen-bond acceptors (Lipinski definition) is 4. The highest BCUT2D eigenvalue weighted by atomic mass is 16.5. The number of aryl methyl sites for hydroxylation is 2. The minimum atomic E-state index is 0.526. The third-order valence-electron chi connectivity index (χ3n) is 3.80. The first-order chi connectivity index (χ1) is 11.2. The summed E-state index contributed by atoms with van der Waals surface area (Å²) >= 11 is 0. The smallest absolute Gasteiger partial charge is 0.223 e. The molecule has 0 bridgehead atoms. The van der Waals surface area contributed by atoms with Gasteiger partial charge in [-0.2, -0.15) is 0 Å². The summed E-state index contributed by atoms with van der Waals surface area (Å²) in [5.41, 5.74) is 4.03. The van der Waals surface area contributed by atoms with E-state index in [4.69, 9.17) is 4.74 Å². The van der Waals surface area contributed by atoms with Gasteiger partial charge >= 0.3 is 0 Å². The lowest BCUT2D eigenvalue weighted by Gasteiger charge is -2.12. The number of pyridine rings is 2. The Hall–Kier alpha value is -2.89. The van der Waals surface area contributed by atoms with Crippen LogP contribution in [-0.4, -0.2) is 27.6 Å². The highest BCUT2D eigenvalue weighted by molar-refractivity contribution is 5.90. The van der Waals surface area contributed by atoms with Crippen LogP contribution in [0.25, 0.3) is 22.2 Å². The average Bonchev–Trinajstić information content (AvgIpc) is 2.84. The Morgan fingerprint density at radius 3 is 2.91 bits per heavy atom. The van der Waals surface area contributed by atoms with Gasteiger partial charge in [-0.15, -0.1) is 0 Å². The molecule has 0 aliphatic rings. The molecule has 0 saturated heterocycles. The van der Waals surface area contributed by atoms with Crippen molar-refractivity contribution in [2.45, 2.75) is 13.8 Å². The first kappa shape index (κ1) is 15.0. The minimum absolute atomic E-state index is 0.526. The van der Waals surface area contributed by atoms with Crippen molar-refractivity contribution in [1.82, 2.24) is 14.5 Å². The second kappa shape index (κ2) is 6.08. The van der Waals surface area contributed by atoms with Crippen LogP contribution >= 0.6 is 0 Å². The molecule has 3 aromatic heterocycles. The lowest BCUT2D eigenvalue weighted by Crippen LogP contribution is -2.01. The monoisotopic (exact) mass is 310 g/mol. The molecule has 23 heavy (non-hydrogen) atoms. The number of nitrogens with zero attached hydrogens (tertiary/aromatic N) is 3. The molecule has 0 fully saturated rings. The Bertz CT molecular complexity index is 870. The Balaban J connectivity index is 2.21. The van der Waals surface area contributed by atoms with Crippen molar-refractivity contribution in [2.24, 2.45) is 7.05 Å². The standard InChI is InChI=1S/C17H18N4O2/c1-4-23-17-16(11(2)5-6-18-17)13-7-12-8-15(20-10-22)19-9-14(12)21(13)3/h5-10H,4H2,1-3H3,(H,19,20,22). The van der Waals surface area contributed by atoms with Crippen LogP contribution in [0.15, 0.2) is 30.6 Å². The Morgan fingerprint density at radius 1 is 1.35 bits per heavy atom. The molecule has 0 aromatic carbocycles. The number of nitrogens with one attached hydrogen (secondary N) is 1. The average molecular weight is 310 g/mol. The van der Waals surface area contributed by atoms with Gasteiger partial charge in [0.25, 0.3) is 0 Å². The Labute approximate surface area is 134 Å². The topological polar surface area (TPSA) is 69.0 Å². The second-order valence-corrected chi connectivity index (χ2v) is 5.22. The van der Waals surface area contributed by atoms with Crippen LogP contribution in [0.3, 0.4) is 0 Å². The van der Waals surface area contributed by atoms with Crippen molar-refractivity contribution in [3.05, 3.63) is 36.2 Å². The SMILES string of the molecule is CCOc1nccc(C)c1-c1cc2cc(NC=O)ncc2n1C. The molecule has 0 saturated carbocycles. The fourth-order valence-electron chi connectivity index (χ4n) is 2.70. The van der Waals surface area contributed by atoms with Crippen LogP contribution in [0.2, 0.25) is 0 Å². The van der Waals surface area contributed by atoms with Gasteiger partial charge in [0, 0.05) is 18.6 Å². The number of amides is 1. The number of ether oxygens (including phenoxy) is 1. The first-order valence-electron chi connectivity index (χ1n) is 7.40. The number of carbonyl (C=O) groups excluding carboxylic acids is 1. The lowest BCUT2D eigenvalue weighted by molar-refractivity contribution is -0.105. The summed E-state index contributed by atoms with van der Waals surface area (Å²) in [5, 5.41) is 3.57. The van der Waals surface area contributed by atoms with Crippen molar-refractivity contribution >= 4 is 23.1 Å². The molecule has 3 aromatic rings. The molecule has 0 unspecified atom stereocenters. The maximum absolute atomic E-state index is 10.6. The molecule has 0 aliphatic carbocycles. The molecule has 6 heteroatoms. The van der Waals surface area contributed by atoms with E-state index < -0.39 is 0 Å². The number of hydrogen-bond donors (Lipinski definition) is 1. The maximum Gasteiger partial charge on any atom is 0.223 e. The summed E-state index contributed by atoms with van der Waals surface area (Å²) in [6, 6.07) is 5.87. The number of carbonyl (C=O) groups is 1. The lowest BCUT2D eigenvalue weighted by atomic mass is 10.1. The normalized spacial score (nSPS) is 10.7. The van der Waals surface area contributed by atoms with Crippen molar-refractivity contribution < 1.29 is 9.53 Å². The molecule has 0 spiro atoms. The van der Waals surface area contributed by atoms with E-state index >= 15 is 0 Å². The minimum Gasteiger partial charge on any atom is -0.477 e. The third kappa shape index (κ3) is 2.63. The number of rotatable bonds is 5. The van der Waals surface area contributed by atoms with E-state index in [1.165, 1.54) is 0 Å². The molecule has 0 radical (unpaired) electrons. The van der Waals surface area contributed by atoms with Crippen LogP contribution in [0, 0.1) is 6.92 Å². The molecule has 1 N–H and O–H groups in total. The first-order valence-corrected chi connectivity index (χ1v) is 7.40. The van der Waals surface area contributed by atoms with Gasteiger partial charge in [-0.1, -0.05) is 0 Å². The number of anilines is 1. The Morgan fingerprint density at radius 2 is 2.17 bits per heavy atom. The summed E-state index contributed by atoms with van der Waals surface area (Å²) in [5.74, 6) is 1.15. The van der Waals surface area contributed by atoms with Crippen molar-refractivity contribution in [1.29, 1.82) is 0 Å². The van der Waals surface area contributed by atoms with E-state index in [1.807, 2.05) is 33.0 Å². The predicted molar refractivity (Wildman–Crippen MR) is 89.5 cm³/mol. The zero-order chi connectivity index (χ0) is 16.4. The summed E-state index contributed by atoms with van der Waals surface area (Å²) in [7, 11) is 1.98. The van der Waals surface area contributed by atoms with Crippen LogP contribution in [0.4, 0.5) is 5.82 Å². The molecule has 6 nitrogen and oxygen atoms in total. The second-order valence-electron chi connectivity index (χ2n) is 5.22. The zero-order valence-corrected chi connectivity index (χ0v) is 13.3. The predicted octanol–water partition coefficient (Wildman–Crippen LogP) is 2.91. The van der Waals surface area contributed by atoms with E-state index in [-0.39, 0.29) is 0 Å². The van der Waals surface area contributed by atoms with E-state index in [0.29, 0.717) is 24.7 Å². The molecule has 1 amide bonds. The molecule has 118 valence electrons. The molecule has 3 rings (SSSR count). The summed E-state index contributed by atoms with van der Waals surface area (Å²) in [6.07, 6.45) is 4.12. The van der Waals surface area contributed by atoms with E-state index in [2.05, 4.69) is 25.9 Å². The molecule has 0 atom stereocenters. The van der Waals surface area contributed by atoms with Gasteiger partial charge in [-0.25, -0.2) is 9.97 Å². The van der Waals surface area contributed by atoms with Crippen LogP contribution in [-0.2, 0) is 11.8 Å². The van der Waals surface area contributed by atoms with E-state index in [9.17, 15) is 4.79 Å². The number of aromatic nitrogens is 3. The van der Waals surface area contributed by atoms with Crippen molar-refractivity contribution in [3.8, 4) is 17.1 Å². The highest BCUT2D eigenvalue weighted by Gasteiger charge is 2.16. The van der Waals surface area contributed by atoms with Gasteiger partial charge in [-0.3, -0.25) is 4.79 Å². The number of fused-ring (bicyclic) bond motifs is 1. The zero-order valence-electron chi connectivity index (χ0n) is 13.3. The van der Waals surface area contributed by atoms with Gasteiger partial charge in [-0.05, 0) is 37.6 Å². The summed E-state index contributed by atoms with van der Waals surface area (Å²) in [6.45, 7) is 4.54.